The van der Waals surface area contributed by atoms with E-state index in [-0.39, 0.29) is 26.7 Å². The summed E-state index contributed by atoms with van der Waals surface area (Å²) in [5, 5.41) is 8.20. The summed E-state index contributed by atoms with van der Waals surface area (Å²) in [6.45, 7) is 1.70. The Labute approximate surface area is 168 Å². The zero-order valence-electron chi connectivity index (χ0n) is 14.0. The van der Waals surface area contributed by atoms with Gasteiger partial charge in [-0.1, -0.05) is 39.6 Å². The number of nitrogens with zero attached hydrogens (tertiary/aromatic N) is 4. The van der Waals surface area contributed by atoms with E-state index in [4.69, 9.17) is 27.9 Å². The van der Waals surface area contributed by atoms with E-state index in [1.54, 1.807) is 6.92 Å². The Morgan fingerprint density at radius 2 is 1.79 bits per heavy atom. The minimum absolute atomic E-state index is 0.00827. The quantitative estimate of drug-likeness (QED) is 0.603. The zero-order valence-corrected chi connectivity index (χ0v) is 16.4. The Morgan fingerprint density at radius 1 is 1.11 bits per heavy atom. The van der Waals surface area contributed by atoms with Crippen LogP contribution in [0.1, 0.15) is 10.7 Å². The van der Waals surface area contributed by atoms with Gasteiger partial charge in [0.1, 0.15) is 10.7 Å². The van der Waals surface area contributed by atoms with Crippen LogP contribution in [0.25, 0.3) is 5.69 Å². The molecule has 0 N–H and O–H groups in total. The highest BCUT2D eigenvalue weighted by atomic mass is 35.5. The molecule has 3 aromatic rings. The van der Waals surface area contributed by atoms with Gasteiger partial charge in [-0.3, -0.25) is 9.36 Å². The highest BCUT2D eigenvalue weighted by Crippen LogP contribution is 2.36. The summed E-state index contributed by atoms with van der Waals surface area (Å²) in [5.41, 5.74) is -4.02. The molecule has 0 atom stereocenters. The van der Waals surface area contributed by atoms with E-state index >= 15 is 0 Å². The average molecular weight is 453 g/mol. The first-order chi connectivity index (χ1) is 13.0. The zero-order chi connectivity index (χ0) is 20.8. The van der Waals surface area contributed by atoms with Crippen molar-refractivity contribution in [2.45, 2.75) is 13.1 Å². The van der Waals surface area contributed by atoms with E-state index in [1.165, 1.54) is 6.07 Å². The van der Waals surface area contributed by atoms with Gasteiger partial charge in [0.15, 0.2) is 5.75 Å². The van der Waals surface area contributed by atoms with Gasteiger partial charge in [-0.15, -0.1) is 5.10 Å². The molecule has 2 heterocycles. The molecular weight excluding hydrogens is 444 g/mol. The summed E-state index contributed by atoms with van der Waals surface area (Å²) in [7, 11) is 0.895. The predicted molar refractivity (Wildman–Crippen MR) is 97.0 cm³/mol. The highest BCUT2D eigenvalue weighted by Gasteiger charge is 2.35. The van der Waals surface area contributed by atoms with Gasteiger partial charge in [-0.05, 0) is 13.0 Å². The lowest BCUT2D eigenvalue weighted by Gasteiger charge is -2.15. The van der Waals surface area contributed by atoms with Crippen LogP contribution in [0.15, 0.2) is 27.8 Å². The van der Waals surface area contributed by atoms with Crippen molar-refractivity contribution in [1.29, 1.82) is 0 Å². The van der Waals surface area contributed by atoms with Crippen molar-refractivity contribution in [3.05, 3.63) is 59.8 Å². The minimum atomic E-state index is -4.88. The summed E-state index contributed by atoms with van der Waals surface area (Å²) >= 11 is 13.3. The highest BCUT2D eigenvalue weighted by molar-refractivity contribution is 7.13. The molecule has 0 spiro atoms. The predicted octanol–water partition coefficient (Wildman–Crippen LogP) is 3.81. The lowest BCUT2D eigenvalue weighted by Crippen LogP contribution is -2.40. The van der Waals surface area contributed by atoms with Crippen molar-refractivity contribution < 1.29 is 17.9 Å². The topological polar surface area (TPSA) is 79.0 Å². The maximum absolute atomic E-state index is 13.0. The van der Waals surface area contributed by atoms with E-state index in [0.29, 0.717) is 20.2 Å². The van der Waals surface area contributed by atoms with Crippen LogP contribution in [0.2, 0.25) is 10.0 Å². The van der Waals surface area contributed by atoms with E-state index in [9.17, 15) is 22.8 Å². The summed E-state index contributed by atoms with van der Waals surface area (Å²) in [5.74, 6) is -0.00827. The largest absolute Gasteiger partial charge is 0.431 e. The number of aryl methyl sites for hydroxylation is 1. The second-order valence-electron chi connectivity index (χ2n) is 5.47. The van der Waals surface area contributed by atoms with Gasteiger partial charge < -0.3 is 4.74 Å². The SMILES string of the molecule is Cc1nnc(Oc2cc(-n3c(=O)cc(C(F)(F)F)n(C)c3=O)c(Cl)cc2Cl)s1. The molecule has 28 heavy (non-hydrogen) atoms. The number of rotatable bonds is 3. The van der Waals surface area contributed by atoms with Gasteiger partial charge in [0.25, 0.3) is 10.8 Å². The lowest BCUT2D eigenvalue weighted by atomic mass is 10.2. The summed E-state index contributed by atoms with van der Waals surface area (Å²) in [6, 6.07) is 2.67. The molecular formula is C15H9Cl2F3N4O3S. The van der Waals surface area contributed by atoms with Crippen LogP contribution in [0, 0.1) is 6.92 Å². The Hall–Kier alpha value is -2.37. The van der Waals surface area contributed by atoms with Crippen LogP contribution in [0.3, 0.4) is 0 Å². The molecule has 0 saturated carbocycles. The van der Waals surface area contributed by atoms with Crippen LogP contribution < -0.4 is 16.0 Å². The Morgan fingerprint density at radius 3 is 2.36 bits per heavy atom. The van der Waals surface area contributed by atoms with Crippen LogP contribution in [-0.4, -0.2) is 19.3 Å². The van der Waals surface area contributed by atoms with Crippen molar-refractivity contribution >= 4 is 34.5 Å². The maximum atomic E-state index is 13.0. The first-order valence-electron chi connectivity index (χ1n) is 7.36. The summed E-state index contributed by atoms with van der Waals surface area (Å²) in [6.07, 6.45) is -4.88. The van der Waals surface area contributed by atoms with Crippen LogP contribution >= 0.6 is 34.5 Å². The first kappa shape index (κ1) is 20.4. The molecule has 3 rings (SSSR count). The summed E-state index contributed by atoms with van der Waals surface area (Å²) < 4.78 is 45.3. The number of halogens is 5. The molecule has 148 valence electrons. The van der Waals surface area contributed by atoms with Gasteiger partial charge in [0, 0.05) is 19.2 Å². The van der Waals surface area contributed by atoms with Gasteiger partial charge >= 0.3 is 11.9 Å². The monoisotopic (exact) mass is 452 g/mol. The van der Waals surface area contributed by atoms with Crippen molar-refractivity contribution in [2.75, 3.05) is 0 Å². The Balaban J connectivity index is 2.19. The van der Waals surface area contributed by atoms with Crippen molar-refractivity contribution in [2.24, 2.45) is 7.05 Å². The third-order valence-electron chi connectivity index (χ3n) is 3.56. The number of benzene rings is 1. The number of aromatic nitrogens is 4. The third kappa shape index (κ3) is 3.77. The smallest absolute Gasteiger partial charge is 0.428 e. The molecule has 0 aliphatic rings. The second-order valence-corrected chi connectivity index (χ2v) is 7.42. The molecule has 0 unspecified atom stereocenters. The second kappa shape index (κ2) is 7.22. The minimum Gasteiger partial charge on any atom is -0.428 e. The normalized spacial score (nSPS) is 11.7. The van der Waals surface area contributed by atoms with Gasteiger partial charge in [0.05, 0.1) is 15.7 Å². The molecule has 13 heteroatoms. The van der Waals surface area contributed by atoms with Crippen molar-refractivity contribution in [3.63, 3.8) is 0 Å². The van der Waals surface area contributed by atoms with Crippen LogP contribution in [0.4, 0.5) is 13.2 Å². The van der Waals surface area contributed by atoms with Gasteiger partial charge in [-0.2, -0.15) is 13.2 Å². The Bertz CT molecular complexity index is 1190. The fourth-order valence-electron chi connectivity index (χ4n) is 2.30. The third-order valence-corrected chi connectivity index (χ3v) is 4.87. The fraction of sp³-hybridized carbons (Fsp3) is 0.200. The van der Waals surface area contributed by atoms with Crippen LogP contribution in [-0.2, 0) is 13.2 Å². The molecule has 0 bridgehead atoms. The van der Waals surface area contributed by atoms with E-state index in [0.717, 1.165) is 24.5 Å². The van der Waals surface area contributed by atoms with Crippen molar-refractivity contribution in [3.8, 4) is 16.6 Å². The summed E-state index contributed by atoms with van der Waals surface area (Å²) in [4.78, 5) is 24.7. The van der Waals surface area contributed by atoms with E-state index in [2.05, 4.69) is 10.2 Å². The molecule has 1 aromatic carbocycles. The Kier molecular flexibility index (Phi) is 5.26. The standard InChI is InChI=1S/C15H9Cl2F3N4O3S/c1-6-21-22-13(28-6)27-10-4-9(7(16)3-8(10)17)24-12(25)5-11(15(18,19)20)23(2)14(24)26/h3-5H,1-2H3. The molecule has 0 amide bonds. The van der Waals surface area contributed by atoms with Crippen molar-refractivity contribution in [1.82, 2.24) is 19.3 Å². The molecule has 0 aliphatic heterocycles. The molecule has 0 saturated heterocycles. The van der Waals surface area contributed by atoms with Gasteiger partial charge in [0.2, 0.25) is 0 Å². The van der Waals surface area contributed by atoms with E-state index in [1.807, 2.05) is 0 Å². The molecule has 0 radical (unpaired) electrons. The molecule has 7 nitrogen and oxygen atoms in total. The number of hydrogen-bond acceptors (Lipinski definition) is 6. The number of hydrogen-bond donors (Lipinski definition) is 0. The average Bonchev–Trinajstić information content (AvgIpc) is 2.99. The molecule has 2 aromatic heterocycles. The molecule has 0 fully saturated rings. The number of ether oxygens (including phenoxy) is 1. The molecule has 0 aliphatic carbocycles. The maximum Gasteiger partial charge on any atom is 0.431 e. The fourth-order valence-corrected chi connectivity index (χ4v) is 3.35. The lowest BCUT2D eigenvalue weighted by molar-refractivity contribution is -0.144. The number of alkyl halides is 3. The van der Waals surface area contributed by atoms with E-state index < -0.39 is 23.1 Å². The van der Waals surface area contributed by atoms with Crippen LogP contribution in [0.5, 0.6) is 10.9 Å². The first-order valence-corrected chi connectivity index (χ1v) is 8.94. The van der Waals surface area contributed by atoms with Gasteiger partial charge in [-0.25, -0.2) is 9.36 Å².